The predicted octanol–water partition coefficient (Wildman–Crippen LogP) is 1.75. The van der Waals surface area contributed by atoms with Crippen LogP contribution in [0.1, 0.15) is 19.8 Å². The predicted molar refractivity (Wildman–Crippen MR) is 62.2 cm³/mol. The van der Waals surface area contributed by atoms with E-state index in [4.69, 9.17) is 0 Å². The van der Waals surface area contributed by atoms with Gasteiger partial charge in [0.15, 0.2) is 0 Å². The Kier molecular flexibility index (Phi) is 3.04. The zero-order valence-corrected chi connectivity index (χ0v) is 9.40. The molecule has 15 heavy (non-hydrogen) atoms. The van der Waals surface area contributed by atoms with Crippen LogP contribution in [0.3, 0.4) is 0 Å². The topological polar surface area (TPSA) is 41.0 Å². The van der Waals surface area contributed by atoms with Crippen LogP contribution in [0.5, 0.6) is 0 Å². The van der Waals surface area contributed by atoms with Crippen molar-refractivity contribution in [3.8, 4) is 0 Å². The van der Waals surface area contributed by atoms with E-state index in [1.165, 1.54) is 12.8 Å². The normalized spacial score (nSPS) is 21.5. The average Bonchev–Trinajstić information content (AvgIpc) is 2.29. The molecule has 0 amide bonds. The van der Waals surface area contributed by atoms with Crippen molar-refractivity contribution in [3.63, 3.8) is 0 Å². The van der Waals surface area contributed by atoms with E-state index >= 15 is 0 Å². The second-order valence-electron chi connectivity index (χ2n) is 4.20. The standard InChI is InChI=1S/C11H18N4/c1-9-4-3-5-15(7-9)11-6-10(12-2)13-8-14-11/h6,8-9H,3-5,7H2,1-2H3,(H,12,13,14). The third-order valence-electron chi connectivity index (χ3n) is 2.89. The van der Waals surface area contributed by atoms with E-state index < -0.39 is 0 Å². The van der Waals surface area contributed by atoms with Crippen molar-refractivity contribution in [1.82, 2.24) is 9.97 Å². The van der Waals surface area contributed by atoms with Crippen LogP contribution in [0.4, 0.5) is 11.6 Å². The summed E-state index contributed by atoms with van der Waals surface area (Å²) in [5.41, 5.74) is 0. The number of hydrogen-bond donors (Lipinski definition) is 1. The largest absolute Gasteiger partial charge is 0.373 e. The van der Waals surface area contributed by atoms with Gasteiger partial charge in [-0.05, 0) is 18.8 Å². The molecule has 2 heterocycles. The Morgan fingerprint density at radius 2 is 2.33 bits per heavy atom. The number of nitrogens with one attached hydrogen (secondary N) is 1. The van der Waals surface area contributed by atoms with Crippen molar-refractivity contribution in [2.24, 2.45) is 5.92 Å². The fourth-order valence-electron chi connectivity index (χ4n) is 2.05. The molecule has 1 fully saturated rings. The summed E-state index contributed by atoms with van der Waals surface area (Å²) in [6.45, 7) is 4.52. The molecule has 4 nitrogen and oxygen atoms in total. The average molecular weight is 206 g/mol. The third-order valence-corrected chi connectivity index (χ3v) is 2.89. The zero-order valence-electron chi connectivity index (χ0n) is 9.40. The van der Waals surface area contributed by atoms with Crippen LogP contribution in [0, 0.1) is 5.92 Å². The van der Waals surface area contributed by atoms with Crippen LogP contribution in [-0.2, 0) is 0 Å². The van der Waals surface area contributed by atoms with Gasteiger partial charge in [0.05, 0.1) is 0 Å². The van der Waals surface area contributed by atoms with Crippen LogP contribution >= 0.6 is 0 Å². The molecule has 0 aromatic carbocycles. The van der Waals surface area contributed by atoms with Crippen molar-refractivity contribution in [1.29, 1.82) is 0 Å². The summed E-state index contributed by atoms with van der Waals surface area (Å²) in [6.07, 6.45) is 4.22. The maximum atomic E-state index is 4.32. The molecular weight excluding hydrogens is 188 g/mol. The maximum Gasteiger partial charge on any atom is 0.134 e. The van der Waals surface area contributed by atoms with E-state index in [-0.39, 0.29) is 0 Å². The highest BCUT2D eigenvalue weighted by Gasteiger charge is 2.17. The molecule has 1 aliphatic rings. The van der Waals surface area contributed by atoms with E-state index in [9.17, 15) is 0 Å². The van der Waals surface area contributed by atoms with Crippen molar-refractivity contribution in [2.75, 3.05) is 30.4 Å². The van der Waals surface area contributed by atoms with Gasteiger partial charge in [-0.15, -0.1) is 0 Å². The molecule has 0 radical (unpaired) electrons. The summed E-state index contributed by atoms with van der Waals surface area (Å²) in [4.78, 5) is 10.8. The van der Waals surface area contributed by atoms with Gasteiger partial charge in [0.25, 0.3) is 0 Å². The molecule has 1 aromatic heterocycles. The number of rotatable bonds is 2. The molecule has 1 N–H and O–H groups in total. The number of piperidine rings is 1. The number of hydrogen-bond acceptors (Lipinski definition) is 4. The fraction of sp³-hybridized carbons (Fsp3) is 0.636. The smallest absolute Gasteiger partial charge is 0.134 e. The third kappa shape index (κ3) is 2.37. The molecule has 0 bridgehead atoms. The molecule has 4 heteroatoms. The van der Waals surface area contributed by atoms with Crippen LogP contribution < -0.4 is 10.2 Å². The SMILES string of the molecule is CNc1cc(N2CCCC(C)C2)ncn1. The second kappa shape index (κ2) is 4.47. The molecule has 1 unspecified atom stereocenters. The highest BCUT2D eigenvalue weighted by molar-refractivity contribution is 5.48. The van der Waals surface area contributed by atoms with Gasteiger partial charge >= 0.3 is 0 Å². The Morgan fingerprint density at radius 1 is 1.47 bits per heavy atom. The summed E-state index contributed by atoms with van der Waals surface area (Å²) in [5, 5.41) is 3.04. The number of anilines is 2. The Balaban J connectivity index is 2.13. The van der Waals surface area contributed by atoms with Crippen LogP contribution in [0.2, 0.25) is 0 Å². The molecule has 1 saturated heterocycles. The van der Waals surface area contributed by atoms with E-state index in [0.717, 1.165) is 30.6 Å². The van der Waals surface area contributed by atoms with Crippen molar-refractivity contribution >= 4 is 11.6 Å². The molecule has 0 saturated carbocycles. The van der Waals surface area contributed by atoms with E-state index in [2.05, 4.69) is 27.1 Å². The minimum Gasteiger partial charge on any atom is -0.373 e. The first-order valence-electron chi connectivity index (χ1n) is 5.54. The molecule has 0 aliphatic carbocycles. The maximum absolute atomic E-state index is 4.32. The molecule has 82 valence electrons. The van der Waals surface area contributed by atoms with Gasteiger partial charge in [-0.25, -0.2) is 9.97 Å². The minimum atomic E-state index is 0.770. The summed E-state index contributed by atoms with van der Waals surface area (Å²) in [6, 6.07) is 2.01. The lowest BCUT2D eigenvalue weighted by atomic mass is 10.0. The van der Waals surface area contributed by atoms with Gasteiger partial charge in [0, 0.05) is 26.2 Å². The van der Waals surface area contributed by atoms with Crippen LogP contribution in [-0.4, -0.2) is 30.1 Å². The summed E-state index contributed by atoms with van der Waals surface area (Å²) >= 11 is 0. The number of nitrogens with zero attached hydrogens (tertiary/aromatic N) is 3. The first kappa shape index (κ1) is 10.2. The minimum absolute atomic E-state index is 0.770. The van der Waals surface area contributed by atoms with Gasteiger partial charge in [-0.2, -0.15) is 0 Å². The molecular formula is C11H18N4. The monoisotopic (exact) mass is 206 g/mol. The zero-order chi connectivity index (χ0) is 10.7. The lowest BCUT2D eigenvalue weighted by Gasteiger charge is -2.31. The second-order valence-corrected chi connectivity index (χ2v) is 4.20. The van der Waals surface area contributed by atoms with Crippen LogP contribution in [0.25, 0.3) is 0 Å². The van der Waals surface area contributed by atoms with Gasteiger partial charge in [0.1, 0.15) is 18.0 Å². The molecule has 2 rings (SSSR count). The van der Waals surface area contributed by atoms with Gasteiger partial charge < -0.3 is 10.2 Å². The Hall–Kier alpha value is -1.32. The highest BCUT2D eigenvalue weighted by Crippen LogP contribution is 2.21. The van der Waals surface area contributed by atoms with Crippen molar-refractivity contribution in [3.05, 3.63) is 12.4 Å². The van der Waals surface area contributed by atoms with Crippen molar-refractivity contribution < 1.29 is 0 Å². The van der Waals surface area contributed by atoms with Gasteiger partial charge in [-0.1, -0.05) is 6.92 Å². The lowest BCUT2D eigenvalue weighted by Crippen LogP contribution is -2.34. The van der Waals surface area contributed by atoms with Gasteiger partial charge in [-0.3, -0.25) is 0 Å². The molecule has 1 atom stereocenters. The summed E-state index contributed by atoms with van der Waals surface area (Å²) < 4.78 is 0. The van der Waals surface area contributed by atoms with Crippen LogP contribution in [0.15, 0.2) is 12.4 Å². The van der Waals surface area contributed by atoms with E-state index in [1.807, 2.05) is 13.1 Å². The summed E-state index contributed by atoms with van der Waals surface area (Å²) in [5.74, 6) is 2.70. The molecule has 1 aromatic rings. The van der Waals surface area contributed by atoms with E-state index in [0.29, 0.717) is 0 Å². The first-order chi connectivity index (χ1) is 7.29. The first-order valence-corrected chi connectivity index (χ1v) is 5.54. The van der Waals surface area contributed by atoms with E-state index in [1.54, 1.807) is 6.33 Å². The Bertz CT molecular complexity index is 326. The number of aromatic nitrogens is 2. The van der Waals surface area contributed by atoms with Gasteiger partial charge in [0.2, 0.25) is 0 Å². The highest BCUT2D eigenvalue weighted by atomic mass is 15.2. The Labute approximate surface area is 90.7 Å². The quantitative estimate of drug-likeness (QED) is 0.800. The Morgan fingerprint density at radius 3 is 3.07 bits per heavy atom. The lowest BCUT2D eigenvalue weighted by molar-refractivity contribution is 0.444. The fourth-order valence-corrected chi connectivity index (χ4v) is 2.05. The molecule has 0 spiro atoms. The summed E-state index contributed by atoms with van der Waals surface area (Å²) in [7, 11) is 1.88. The van der Waals surface area contributed by atoms with Crippen molar-refractivity contribution in [2.45, 2.75) is 19.8 Å². The molecule has 1 aliphatic heterocycles.